The summed E-state index contributed by atoms with van der Waals surface area (Å²) >= 11 is 0. The van der Waals surface area contributed by atoms with E-state index in [0.29, 0.717) is 23.7 Å². The largest absolute Gasteiger partial charge is 0.349 e. The predicted octanol–water partition coefficient (Wildman–Crippen LogP) is 3.57. The van der Waals surface area contributed by atoms with E-state index in [1.54, 1.807) is 17.1 Å². The van der Waals surface area contributed by atoms with E-state index >= 15 is 0 Å². The van der Waals surface area contributed by atoms with Gasteiger partial charge in [0.1, 0.15) is 0 Å². The average molecular weight is 400 g/mol. The fraction of sp³-hybridized carbons (Fsp3) is 0.292. The number of carbonyl (C=O) groups is 2. The van der Waals surface area contributed by atoms with Crippen molar-refractivity contribution in [1.29, 1.82) is 0 Å². The fourth-order valence-corrected chi connectivity index (χ4v) is 3.53. The van der Waals surface area contributed by atoms with E-state index in [4.69, 9.17) is 0 Å². The van der Waals surface area contributed by atoms with E-state index in [1.807, 2.05) is 59.5 Å². The Kier molecular flexibility index (Phi) is 4.83. The van der Waals surface area contributed by atoms with E-state index < -0.39 is 0 Å². The Labute approximate surface area is 175 Å². The number of rotatable bonds is 7. The summed E-state index contributed by atoms with van der Waals surface area (Å²) < 4.78 is 1.73. The molecule has 2 aliphatic carbocycles. The molecule has 2 aliphatic rings. The van der Waals surface area contributed by atoms with Gasteiger partial charge in [-0.3, -0.25) is 9.59 Å². The van der Waals surface area contributed by atoms with Crippen molar-refractivity contribution in [2.45, 2.75) is 44.3 Å². The number of para-hydroxylation sites is 1. The summed E-state index contributed by atoms with van der Waals surface area (Å²) in [7, 11) is 0. The van der Waals surface area contributed by atoms with Gasteiger partial charge in [0.25, 0.3) is 11.8 Å². The average Bonchev–Trinajstić information content (AvgIpc) is 3.72. The summed E-state index contributed by atoms with van der Waals surface area (Å²) in [5, 5.41) is 7.36. The molecule has 1 heterocycles. The Balaban J connectivity index is 1.29. The maximum Gasteiger partial charge on any atom is 0.257 e. The number of hydrogen-bond donors (Lipinski definition) is 1. The summed E-state index contributed by atoms with van der Waals surface area (Å²) in [5.74, 6) is -0.0252. The minimum absolute atomic E-state index is 0.00441. The second kappa shape index (κ2) is 7.78. The van der Waals surface area contributed by atoms with Crippen LogP contribution >= 0.6 is 0 Å². The lowest BCUT2D eigenvalue weighted by molar-refractivity contribution is 0.0729. The zero-order valence-corrected chi connectivity index (χ0v) is 16.7. The van der Waals surface area contributed by atoms with Crippen molar-refractivity contribution in [2.75, 3.05) is 0 Å². The molecular formula is C24H24N4O2. The van der Waals surface area contributed by atoms with Crippen molar-refractivity contribution >= 4 is 11.8 Å². The Bertz CT molecular complexity index is 1050. The van der Waals surface area contributed by atoms with Crippen molar-refractivity contribution in [2.24, 2.45) is 0 Å². The van der Waals surface area contributed by atoms with E-state index in [9.17, 15) is 9.59 Å². The molecule has 5 rings (SSSR count). The van der Waals surface area contributed by atoms with Gasteiger partial charge in [0.05, 0.1) is 17.4 Å². The number of nitrogens with zero attached hydrogens (tertiary/aromatic N) is 3. The molecule has 0 aliphatic heterocycles. The molecule has 0 unspecified atom stereocenters. The molecule has 6 heteroatoms. The van der Waals surface area contributed by atoms with Crippen LogP contribution in [0.2, 0.25) is 0 Å². The van der Waals surface area contributed by atoms with Gasteiger partial charge >= 0.3 is 0 Å². The van der Waals surface area contributed by atoms with Crippen LogP contribution in [0.25, 0.3) is 5.69 Å². The third-order valence-corrected chi connectivity index (χ3v) is 5.58. The quantitative estimate of drug-likeness (QED) is 0.659. The highest BCUT2D eigenvalue weighted by atomic mass is 16.2. The number of amides is 2. The summed E-state index contributed by atoms with van der Waals surface area (Å²) in [5.41, 5.74) is 3.20. The molecule has 6 nitrogen and oxygen atoms in total. The zero-order valence-electron chi connectivity index (χ0n) is 16.7. The first-order valence-corrected chi connectivity index (χ1v) is 10.5. The van der Waals surface area contributed by atoms with Gasteiger partial charge in [0, 0.05) is 30.4 Å². The van der Waals surface area contributed by atoms with Gasteiger partial charge in [-0.15, -0.1) is 0 Å². The molecule has 3 aromatic rings. The van der Waals surface area contributed by atoms with Gasteiger partial charge in [0.2, 0.25) is 0 Å². The van der Waals surface area contributed by atoms with E-state index in [2.05, 4.69) is 10.4 Å². The molecule has 2 saturated carbocycles. The molecule has 0 atom stereocenters. The molecule has 152 valence electrons. The normalized spacial score (nSPS) is 15.6. The maximum atomic E-state index is 13.2. The topological polar surface area (TPSA) is 67.2 Å². The van der Waals surface area contributed by atoms with Crippen LogP contribution < -0.4 is 5.32 Å². The van der Waals surface area contributed by atoms with Crippen LogP contribution in [0.1, 0.15) is 52.0 Å². The highest BCUT2D eigenvalue weighted by molar-refractivity contribution is 5.95. The molecule has 2 aromatic carbocycles. The van der Waals surface area contributed by atoms with Gasteiger partial charge in [-0.1, -0.05) is 30.3 Å². The maximum absolute atomic E-state index is 13.2. The summed E-state index contributed by atoms with van der Waals surface area (Å²) in [6.07, 6.45) is 7.63. The monoisotopic (exact) mass is 400 g/mol. The van der Waals surface area contributed by atoms with Crippen molar-refractivity contribution in [3.8, 4) is 5.69 Å². The molecular weight excluding hydrogens is 376 g/mol. The van der Waals surface area contributed by atoms with Gasteiger partial charge in [-0.25, -0.2) is 4.68 Å². The molecule has 0 bridgehead atoms. The third kappa shape index (κ3) is 4.13. The first kappa shape index (κ1) is 18.6. The number of benzene rings is 2. The van der Waals surface area contributed by atoms with E-state index in [-0.39, 0.29) is 17.9 Å². The first-order valence-electron chi connectivity index (χ1n) is 10.5. The lowest BCUT2D eigenvalue weighted by atomic mass is 10.1. The molecule has 1 aromatic heterocycles. The molecule has 0 radical (unpaired) electrons. The smallest absolute Gasteiger partial charge is 0.257 e. The predicted molar refractivity (Wildman–Crippen MR) is 113 cm³/mol. The van der Waals surface area contributed by atoms with E-state index in [0.717, 1.165) is 36.9 Å². The standard InChI is InChI=1S/C24H24N4O2/c29-23(26-20-10-11-20)18-8-6-17(7-9-18)15-27(21-12-13-21)24(30)19-14-25-28(16-19)22-4-2-1-3-5-22/h1-9,14,16,20-21H,10-13,15H2,(H,26,29). The Morgan fingerprint density at radius 2 is 1.70 bits per heavy atom. The highest BCUT2D eigenvalue weighted by Gasteiger charge is 2.33. The number of carbonyl (C=O) groups excluding carboxylic acids is 2. The van der Waals surface area contributed by atoms with Crippen LogP contribution in [0.15, 0.2) is 67.0 Å². The van der Waals surface area contributed by atoms with Crippen molar-refractivity contribution < 1.29 is 9.59 Å². The number of aromatic nitrogens is 2. The van der Waals surface area contributed by atoms with Crippen LogP contribution in [-0.4, -0.2) is 38.6 Å². The SMILES string of the molecule is O=C(NC1CC1)c1ccc(CN(C(=O)c2cnn(-c3ccccc3)c2)C2CC2)cc1. The van der Waals surface area contributed by atoms with Crippen molar-refractivity contribution in [3.05, 3.63) is 83.7 Å². The summed E-state index contributed by atoms with van der Waals surface area (Å²) in [4.78, 5) is 27.3. The minimum Gasteiger partial charge on any atom is -0.349 e. The van der Waals surface area contributed by atoms with Crippen LogP contribution in [0, 0.1) is 0 Å². The first-order chi connectivity index (χ1) is 14.7. The van der Waals surface area contributed by atoms with Crippen LogP contribution in [-0.2, 0) is 6.54 Å². The van der Waals surface area contributed by atoms with Crippen LogP contribution in [0.3, 0.4) is 0 Å². The fourth-order valence-electron chi connectivity index (χ4n) is 3.53. The van der Waals surface area contributed by atoms with Gasteiger partial charge in [-0.2, -0.15) is 5.10 Å². The molecule has 0 spiro atoms. The second-order valence-electron chi connectivity index (χ2n) is 8.12. The number of nitrogens with one attached hydrogen (secondary N) is 1. The van der Waals surface area contributed by atoms with Crippen LogP contribution in [0.4, 0.5) is 0 Å². The van der Waals surface area contributed by atoms with Gasteiger partial charge in [0.15, 0.2) is 0 Å². The molecule has 0 saturated heterocycles. The van der Waals surface area contributed by atoms with Gasteiger partial charge in [-0.05, 0) is 55.5 Å². The molecule has 2 amide bonds. The number of hydrogen-bond acceptors (Lipinski definition) is 3. The minimum atomic E-state index is -0.0208. The summed E-state index contributed by atoms with van der Waals surface area (Å²) in [6.45, 7) is 0.532. The lowest BCUT2D eigenvalue weighted by Crippen LogP contribution is -2.32. The third-order valence-electron chi connectivity index (χ3n) is 5.58. The zero-order chi connectivity index (χ0) is 20.5. The lowest BCUT2D eigenvalue weighted by Gasteiger charge is -2.22. The molecule has 2 fully saturated rings. The van der Waals surface area contributed by atoms with Crippen LogP contribution in [0.5, 0.6) is 0 Å². The second-order valence-corrected chi connectivity index (χ2v) is 8.12. The summed E-state index contributed by atoms with van der Waals surface area (Å²) in [6, 6.07) is 18.0. The molecule has 30 heavy (non-hydrogen) atoms. The van der Waals surface area contributed by atoms with Crippen molar-refractivity contribution in [3.63, 3.8) is 0 Å². The molecule has 1 N–H and O–H groups in total. The van der Waals surface area contributed by atoms with Crippen molar-refractivity contribution in [1.82, 2.24) is 20.0 Å². The van der Waals surface area contributed by atoms with E-state index in [1.165, 1.54) is 0 Å². The highest BCUT2D eigenvalue weighted by Crippen LogP contribution is 2.30. The van der Waals surface area contributed by atoms with Gasteiger partial charge < -0.3 is 10.2 Å². The Morgan fingerprint density at radius 3 is 2.37 bits per heavy atom. The Morgan fingerprint density at radius 1 is 0.967 bits per heavy atom. The Hall–Kier alpha value is -3.41.